The van der Waals surface area contributed by atoms with E-state index in [2.05, 4.69) is 10.7 Å². The maximum atomic E-state index is 7.29. The number of nitrogens with two attached hydrogens (primary N) is 1. The van der Waals surface area contributed by atoms with Gasteiger partial charge >= 0.3 is 0 Å². The molecule has 4 heteroatoms. The van der Waals surface area contributed by atoms with Gasteiger partial charge in [0.15, 0.2) is 0 Å². The summed E-state index contributed by atoms with van der Waals surface area (Å²) < 4.78 is 0. The summed E-state index contributed by atoms with van der Waals surface area (Å²) in [6, 6.07) is 6.00. The van der Waals surface area contributed by atoms with E-state index in [1.165, 1.54) is 0 Å². The Morgan fingerprint density at radius 2 is 2.08 bits per heavy atom. The normalized spacial score (nSPS) is 9.46. The zero-order valence-corrected chi connectivity index (χ0v) is 7.81. The third kappa shape index (κ3) is 2.45. The van der Waals surface area contributed by atoms with Crippen LogP contribution in [0, 0.1) is 19.3 Å². The Labute approximate surface area is 77.6 Å². The van der Waals surface area contributed by atoms with Gasteiger partial charge in [-0.15, -0.1) is 0 Å². The first-order valence-corrected chi connectivity index (χ1v) is 4.03. The summed E-state index contributed by atoms with van der Waals surface area (Å²) in [5.74, 6) is 5.16. The fourth-order valence-corrected chi connectivity index (χ4v) is 1.04. The van der Waals surface area contributed by atoms with Crippen LogP contribution in [0.4, 0.5) is 5.69 Å². The first-order valence-electron chi connectivity index (χ1n) is 4.03. The van der Waals surface area contributed by atoms with Gasteiger partial charge in [-0.1, -0.05) is 12.1 Å². The number of guanidine groups is 1. The molecule has 0 aliphatic carbocycles. The molecule has 0 amide bonds. The van der Waals surface area contributed by atoms with Gasteiger partial charge in [-0.05, 0) is 31.0 Å². The zero-order valence-electron chi connectivity index (χ0n) is 7.81. The molecule has 0 radical (unpaired) electrons. The van der Waals surface area contributed by atoms with Crippen molar-refractivity contribution in [2.45, 2.75) is 13.8 Å². The van der Waals surface area contributed by atoms with Crippen molar-refractivity contribution in [2.75, 3.05) is 5.32 Å². The van der Waals surface area contributed by atoms with Gasteiger partial charge in [0.2, 0.25) is 5.96 Å². The molecule has 0 bridgehead atoms. The Balaban J connectivity index is 2.87. The molecule has 0 unspecified atom stereocenters. The van der Waals surface area contributed by atoms with Crippen LogP contribution in [0.5, 0.6) is 0 Å². The zero-order chi connectivity index (χ0) is 9.84. The monoisotopic (exact) mass is 178 g/mol. The van der Waals surface area contributed by atoms with E-state index in [0.29, 0.717) is 0 Å². The fourth-order valence-electron chi connectivity index (χ4n) is 1.04. The van der Waals surface area contributed by atoms with Crippen LogP contribution in [0.2, 0.25) is 0 Å². The van der Waals surface area contributed by atoms with Gasteiger partial charge < -0.3 is 5.32 Å². The highest BCUT2D eigenvalue weighted by Gasteiger charge is 1.99. The minimum Gasteiger partial charge on any atom is -0.325 e. The number of hydrazine groups is 1. The number of anilines is 1. The van der Waals surface area contributed by atoms with E-state index in [4.69, 9.17) is 11.3 Å². The van der Waals surface area contributed by atoms with Crippen molar-refractivity contribution in [1.29, 1.82) is 5.41 Å². The first-order chi connectivity index (χ1) is 6.13. The molecule has 0 atom stereocenters. The number of hydrogen-bond donors (Lipinski definition) is 4. The standard InChI is InChI=1S/C9H14N4/c1-6-3-4-7(2)8(5-6)12-9(10)13-11/h3-5H,11H2,1-2H3,(H3,10,12,13). The lowest BCUT2D eigenvalue weighted by atomic mass is 10.1. The number of rotatable bonds is 1. The van der Waals surface area contributed by atoms with Gasteiger partial charge in [0.1, 0.15) is 0 Å². The summed E-state index contributed by atoms with van der Waals surface area (Å²) in [4.78, 5) is 0. The van der Waals surface area contributed by atoms with E-state index >= 15 is 0 Å². The first kappa shape index (κ1) is 9.54. The molecule has 1 aromatic rings. The second kappa shape index (κ2) is 3.91. The van der Waals surface area contributed by atoms with Crippen LogP contribution in [-0.2, 0) is 0 Å². The highest BCUT2D eigenvalue weighted by Crippen LogP contribution is 2.15. The van der Waals surface area contributed by atoms with Gasteiger partial charge in [-0.2, -0.15) is 0 Å². The van der Waals surface area contributed by atoms with Crippen LogP contribution in [0.15, 0.2) is 18.2 Å². The van der Waals surface area contributed by atoms with Crippen LogP contribution in [0.1, 0.15) is 11.1 Å². The van der Waals surface area contributed by atoms with Crippen molar-refractivity contribution in [1.82, 2.24) is 5.43 Å². The topological polar surface area (TPSA) is 73.9 Å². The van der Waals surface area contributed by atoms with Gasteiger partial charge in [0.25, 0.3) is 0 Å². The highest BCUT2D eigenvalue weighted by atomic mass is 15.3. The van der Waals surface area contributed by atoms with E-state index in [0.717, 1.165) is 16.8 Å². The second-order valence-electron chi connectivity index (χ2n) is 2.96. The molecule has 0 aromatic heterocycles. The predicted octanol–water partition coefficient (Wildman–Crippen LogP) is 1.11. The molecule has 0 aliphatic rings. The van der Waals surface area contributed by atoms with Crippen molar-refractivity contribution >= 4 is 11.6 Å². The Bertz CT molecular complexity index is 319. The van der Waals surface area contributed by atoms with Gasteiger partial charge in [0, 0.05) is 5.69 Å². The number of nitrogens with one attached hydrogen (secondary N) is 3. The summed E-state index contributed by atoms with van der Waals surface area (Å²) >= 11 is 0. The Kier molecular flexibility index (Phi) is 2.87. The summed E-state index contributed by atoms with van der Waals surface area (Å²) in [6.45, 7) is 3.98. The number of aryl methyl sites for hydroxylation is 2. The smallest absolute Gasteiger partial charge is 0.207 e. The molecule has 13 heavy (non-hydrogen) atoms. The maximum absolute atomic E-state index is 7.29. The summed E-state index contributed by atoms with van der Waals surface area (Å²) in [5, 5.41) is 10.1. The fraction of sp³-hybridized carbons (Fsp3) is 0.222. The largest absolute Gasteiger partial charge is 0.325 e. The molecular weight excluding hydrogens is 164 g/mol. The van der Waals surface area contributed by atoms with Crippen molar-refractivity contribution in [2.24, 2.45) is 5.84 Å². The minimum atomic E-state index is 0.0914. The lowest BCUT2D eigenvalue weighted by Gasteiger charge is -2.10. The second-order valence-corrected chi connectivity index (χ2v) is 2.96. The van der Waals surface area contributed by atoms with Crippen molar-refractivity contribution in [3.8, 4) is 0 Å². The average Bonchev–Trinajstić information content (AvgIpc) is 2.11. The van der Waals surface area contributed by atoms with Crippen LogP contribution < -0.4 is 16.6 Å². The van der Waals surface area contributed by atoms with Crippen LogP contribution in [-0.4, -0.2) is 5.96 Å². The third-order valence-corrected chi connectivity index (χ3v) is 1.80. The maximum Gasteiger partial charge on any atom is 0.207 e. The summed E-state index contributed by atoms with van der Waals surface area (Å²) in [5.41, 5.74) is 5.38. The molecule has 0 heterocycles. The Hall–Kier alpha value is -1.55. The predicted molar refractivity (Wildman–Crippen MR) is 54.6 cm³/mol. The van der Waals surface area contributed by atoms with Gasteiger partial charge in [-0.3, -0.25) is 10.8 Å². The summed E-state index contributed by atoms with van der Waals surface area (Å²) in [6.07, 6.45) is 0. The molecule has 0 spiro atoms. The van der Waals surface area contributed by atoms with E-state index in [1.54, 1.807) is 0 Å². The van der Waals surface area contributed by atoms with Crippen LogP contribution in [0.25, 0.3) is 0 Å². The molecule has 70 valence electrons. The Morgan fingerprint density at radius 1 is 1.38 bits per heavy atom. The molecule has 1 rings (SSSR count). The molecule has 0 aliphatic heterocycles. The average molecular weight is 178 g/mol. The molecule has 5 N–H and O–H groups in total. The molecule has 4 nitrogen and oxygen atoms in total. The van der Waals surface area contributed by atoms with Crippen molar-refractivity contribution < 1.29 is 0 Å². The third-order valence-electron chi connectivity index (χ3n) is 1.80. The Morgan fingerprint density at radius 3 is 2.69 bits per heavy atom. The van der Waals surface area contributed by atoms with E-state index in [1.807, 2.05) is 32.0 Å². The molecular formula is C9H14N4. The lowest BCUT2D eigenvalue weighted by Crippen LogP contribution is -2.35. The van der Waals surface area contributed by atoms with Crippen LogP contribution >= 0.6 is 0 Å². The van der Waals surface area contributed by atoms with Gasteiger partial charge in [-0.25, -0.2) is 5.84 Å². The van der Waals surface area contributed by atoms with E-state index in [-0.39, 0.29) is 5.96 Å². The molecule has 0 saturated heterocycles. The van der Waals surface area contributed by atoms with Crippen molar-refractivity contribution in [3.63, 3.8) is 0 Å². The number of benzene rings is 1. The van der Waals surface area contributed by atoms with Crippen molar-refractivity contribution in [3.05, 3.63) is 29.3 Å². The quantitative estimate of drug-likeness (QED) is 0.225. The number of hydrogen-bond acceptors (Lipinski definition) is 2. The highest BCUT2D eigenvalue weighted by molar-refractivity contribution is 5.91. The molecule has 0 saturated carbocycles. The molecule has 0 fully saturated rings. The lowest BCUT2D eigenvalue weighted by molar-refractivity contribution is 1.01. The summed E-state index contributed by atoms with van der Waals surface area (Å²) in [7, 11) is 0. The minimum absolute atomic E-state index is 0.0914. The van der Waals surface area contributed by atoms with E-state index < -0.39 is 0 Å². The van der Waals surface area contributed by atoms with Gasteiger partial charge in [0.05, 0.1) is 0 Å². The molecule has 1 aromatic carbocycles. The SMILES string of the molecule is Cc1ccc(C)c(NC(=N)NN)c1. The van der Waals surface area contributed by atoms with E-state index in [9.17, 15) is 0 Å². The van der Waals surface area contributed by atoms with Crippen LogP contribution in [0.3, 0.4) is 0 Å².